The predicted molar refractivity (Wildman–Crippen MR) is 75.8 cm³/mol. The van der Waals surface area contributed by atoms with Crippen molar-refractivity contribution in [2.45, 2.75) is 19.6 Å². The van der Waals surface area contributed by atoms with Crippen molar-refractivity contribution in [1.82, 2.24) is 14.8 Å². The van der Waals surface area contributed by atoms with E-state index in [1.807, 2.05) is 19.4 Å². The first-order valence-electron chi connectivity index (χ1n) is 6.20. The summed E-state index contributed by atoms with van der Waals surface area (Å²) in [6.07, 6.45) is 4.72. The van der Waals surface area contributed by atoms with Crippen LogP contribution in [0.5, 0.6) is 0 Å². The second kappa shape index (κ2) is 5.30. The molecule has 1 aliphatic heterocycles. The number of aromatic nitrogens is 3. The molecule has 6 heteroatoms. The summed E-state index contributed by atoms with van der Waals surface area (Å²) < 4.78 is 8.25. The van der Waals surface area contributed by atoms with Crippen LogP contribution in [0.15, 0.2) is 22.9 Å². The van der Waals surface area contributed by atoms with Crippen molar-refractivity contribution in [3.63, 3.8) is 0 Å². The number of nitrogens with one attached hydrogen (secondary N) is 1. The monoisotopic (exact) mass is 322 g/mol. The number of fused-ring (bicyclic) bond motifs is 1. The van der Waals surface area contributed by atoms with Gasteiger partial charge in [0.05, 0.1) is 41.8 Å². The number of nitrogens with zero attached hydrogens (tertiary/aromatic N) is 3. The number of aryl methyl sites for hydroxylation is 1. The molecular weight excluding hydrogens is 308 g/mol. The molecule has 3 heterocycles. The average Bonchev–Trinajstić information content (AvgIpc) is 2.74. The highest BCUT2D eigenvalue weighted by atomic mass is 79.9. The molecule has 0 spiro atoms. The van der Waals surface area contributed by atoms with Gasteiger partial charge in [0.2, 0.25) is 0 Å². The number of hydrogen-bond donors (Lipinski definition) is 1. The van der Waals surface area contributed by atoms with E-state index in [9.17, 15) is 0 Å². The summed E-state index contributed by atoms with van der Waals surface area (Å²) in [5.41, 5.74) is 4.31. The summed E-state index contributed by atoms with van der Waals surface area (Å²) in [6, 6.07) is 2.11. The molecule has 0 saturated carbocycles. The summed E-state index contributed by atoms with van der Waals surface area (Å²) >= 11 is 3.49. The molecule has 100 valence electrons. The first-order valence-corrected chi connectivity index (χ1v) is 6.99. The minimum Gasteiger partial charge on any atom is -0.378 e. The van der Waals surface area contributed by atoms with Gasteiger partial charge in [-0.3, -0.25) is 9.67 Å². The van der Waals surface area contributed by atoms with Gasteiger partial charge in [0, 0.05) is 30.9 Å². The molecule has 0 saturated heterocycles. The molecule has 0 amide bonds. The van der Waals surface area contributed by atoms with E-state index in [0.717, 1.165) is 34.6 Å². The lowest BCUT2D eigenvalue weighted by atomic mass is 10.1. The molecule has 0 aliphatic carbocycles. The summed E-state index contributed by atoms with van der Waals surface area (Å²) in [5.74, 6) is 0. The topological polar surface area (TPSA) is 52.0 Å². The van der Waals surface area contributed by atoms with Gasteiger partial charge in [-0.05, 0) is 22.0 Å². The van der Waals surface area contributed by atoms with Gasteiger partial charge in [-0.15, -0.1) is 0 Å². The zero-order valence-corrected chi connectivity index (χ0v) is 12.3. The van der Waals surface area contributed by atoms with Gasteiger partial charge in [0.25, 0.3) is 0 Å². The molecule has 1 aliphatic rings. The minimum absolute atomic E-state index is 0.658. The molecule has 0 unspecified atom stereocenters. The van der Waals surface area contributed by atoms with Crippen LogP contribution in [0.25, 0.3) is 0 Å². The highest BCUT2D eigenvalue weighted by Gasteiger charge is 2.11. The summed E-state index contributed by atoms with van der Waals surface area (Å²) in [4.78, 5) is 4.48. The van der Waals surface area contributed by atoms with Crippen molar-refractivity contribution in [3.05, 3.63) is 39.9 Å². The summed E-state index contributed by atoms with van der Waals surface area (Å²) in [6.45, 7) is 2.10. The van der Waals surface area contributed by atoms with Gasteiger partial charge in [-0.1, -0.05) is 0 Å². The van der Waals surface area contributed by atoms with E-state index < -0.39 is 0 Å². The quantitative estimate of drug-likeness (QED) is 0.941. The number of hydrogen-bond acceptors (Lipinski definition) is 4. The maximum Gasteiger partial charge on any atom is 0.0957 e. The van der Waals surface area contributed by atoms with Crippen molar-refractivity contribution < 1.29 is 4.74 Å². The van der Waals surface area contributed by atoms with Crippen molar-refractivity contribution in [3.8, 4) is 0 Å². The third-order valence-electron chi connectivity index (χ3n) is 3.11. The van der Waals surface area contributed by atoms with Crippen LogP contribution in [0.2, 0.25) is 0 Å². The molecule has 3 rings (SSSR count). The van der Waals surface area contributed by atoms with Crippen molar-refractivity contribution in [2.75, 3.05) is 11.9 Å². The van der Waals surface area contributed by atoms with E-state index in [4.69, 9.17) is 4.74 Å². The van der Waals surface area contributed by atoms with Gasteiger partial charge in [-0.2, -0.15) is 5.10 Å². The Morgan fingerprint density at radius 2 is 2.42 bits per heavy atom. The Kier molecular flexibility index (Phi) is 3.52. The second-order valence-corrected chi connectivity index (χ2v) is 5.44. The Morgan fingerprint density at radius 1 is 1.53 bits per heavy atom. The Labute approximate surface area is 120 Å². The van der Waals surface area contributed by atoms with Crippen LogP contribution in [-0.2, 0) is 31.4 Å². The van der Waals surface area contributed by atoms with Gasteiger partial charge in [0.15, 0.2) is 0 Å². The highest BCUT2D eigenvalue weighted by Crippen LogP contribution is 2.20. The van der Waals surface area contributed by atoms with E-state index in [2.05, 4.69) is 37.4 Å². The lowest BCUT2D eigenvalue weighted by Gasteiger charge is -2.16. The lowest BCUT2D eigenvalue weighted by Crippen LogP contribution is -2.12. The smallest absolute Gasteiger partial charge is 0.0957 e. The molecule has 0 bridgehead atoms. The summed E-state index contributed by atoms with van der Waals surface area (Å²) in [7, 11) is 1.91. The van der Waals surface area contributed by atoms with Crippen LogP contribution in [0.4, 0.5) is 5.69 Å². The van der Waals surface area contributed by atoms with E-state index in [1.165, 1.54) is 5.56 Å². The van der Waals surface area contributed by atoms with E-state index in [0.29, 0.717) is 13.2 Å². The number of anilines is 1. The molecule has 0 aromatic carbocycles. The Balaban J connectivity index is 1.71. The van der Waals surface area contributed by atoms with Gasteiger partial charge >= 0.3 is 0 Å². The van der Waals surface area contributed by atoms with Crippen molar-refractivity contribution >= 4 is 21.6 Å². The normalized spacial score (nSPS) is 14.2. The zero-order valence-electron chi connectivity index (χ0n) is 10.7. The maximum absolute atomic E-state index is 5.45. The van der Waals surface area contributed by atoms with E-state index in [1.54, 1.807) is 4.68 Å². The van der Waals surface area contributed by atoms with Gasteiger partial charge in [-0.25, -0.2) is 0 Å². The lowest BCUT2D eigenvalue weighted by molar-refractivity contribution is 0.109. The van der Waals surface area contributed by atoms with Crippen molar-refractivity contribution in [2.24, 2.45) is 7.05 Å². The first-order chi connectivity index (χ1) is 9.22. The summed E-state index contributed by atoms with van der Waals surface area (Å²) in [5, 5.41) is 7.72. The number of halogens is 1. The molecule has 19 heavy (non-hydrogen) atoms. The van der Waals surface area contributed by atoms with E-state index in [-0.39, 0.29) is 0 Å². The third kappa shape index (κ3) is 2.79. The number of ether oxygens (including phenoxy) is 1. The maximum atomic E-state index is 5.45. The Hall–Kier alpha value is -1.40. The van der Waals surface area contributed by atoms with Crippen LogP contribution in [0.1, 0.15) is 17.0 Å². The standard InChI is InChI=1S/C13H15BrN4O/c1-18-7-11(14)13(17-18)6-15-10-4-9-8-19-3-2-12(9)16-5-10/h4-5,7,15H,2-3,6,8H2,1H3. The van der Waals surface area contributed by atoms with Crippen LogP contribution in [-0.4, -0.2) is 21.4 Å². The minimum atomic E-state index is 0.658. The van der Waals surface area contributed by atoms with Crippen LogP contribution in [0.3, 0.4) is 0 Å². The third-order valence-corrected chi connectivity index (χ3v) is 3.78. The largest absolute Gasteiger partial charge is 0.378 e. The first kappa shape index (κ1) is 12.6. The van der Waals surface area contributed by atoms with Crippen LogP contribution < -0.4 is 5.32 Å². The molecule has 1 N–H and O–H groups in total. The van der Waals surface area contributed by atoms with Gasteiger partial charge in [0.1, 0.15) is 0 Å². The van der Waals surface area contributed by atoms with Gasteiger partial charge < -0.3 is 10.1 Å². The Morgan fingerprint density at radius 3 is 3.21 bits per heavy atom. The Bertz CT molecular complexity index is 596. The molecule has 0 atom stereocenters. The molecule has 2 aromatic heterocycles. The number of pyridine rings is 1. The SMILES string of the molecule is Cn1cc(Br)c(CNc2cnc3c(c2)COCC3)n1. The molecule has 5 nitrogen and oxygen atoms in total. The van der Waals surface area contributed by atoms with E-state index >= 15 is 0 Å². The zero-order chi connectivity index (χ0) is 13.2. The van der Waals surface area contributed by atoms with Crippen molar-refractivity contribution in [1.29, 1.82) is 0 Å². The molecular formula is C13H15BrN4O. The number of rotatable bonds is 3. The average molecular weight is 323 g/mol. The van der Waals surface area contributed by atoms with Crippen LogP contribution in [0, 0.1) is 0 Å². The fraction of sp³-hybridized carbons (Fsp3) is 0.385. The second-order valence-electron chi connectivity index (χ2n) is 4.58. The fourth-order valence-corrected chi connectivity index (χ4v) is 2.66. The predicted octanol–water partition coefficient (Wildman–Crippen LogP) is 2.26. The molecule has 0 radical (unpaired) electrons. The molecule has 2 aromatic rings. The highest BCUT2D eigenvalue weighted by molar-refractivity contribution is 9.10. The molecule has 0 fully saturated rings. The van der Waals surface area contributed by atoms with Crippen LogP contribution >= 0.6 is 15.9 Å². The fourth-order valence-electron chi connectivity index (χ4n) is 2.15.